The van der Waals surface area contributed by atoms with Gasteiger partial charge in [0.1, 0.15) is 5.01 Å². The summed E-state index contributed by atoms with van der Waals surface area (Å²) in [7, 11) is 0. The van der Waals surface area contributed by atoms with Crippen LogP contribution in [0.15, 0.2) is 66.6 Å². The first kappa shape index (κ1) is 17.6. The fraction of sp³-hybridized carbons (Fsp3) is 0.0526. The topological polar surface area (TPSA) is 37.0 Å². The highest BCUT2D eigenvalue weighted by Crippen LogP contribution is 2.33. The molecule has 0 radical (unpaired) electrons. The fourth-order valence-corrected chi connectivity index (χ4v) is 3.61. The van der Waals surface area contributed by atoms with Crippen molar-refractivity contribution in [1.29, 1.82) is 0 Å². The molecule has 0 aliphatic rings. The van der Waals surface area contributed by atoms with E-state index in [0.29, 0.717) is 16.7 Å². The third kappa shape index (κ3) is 4.45. The van der Waals surface area contributed by atoms with Crippen LogP contribution in [0, 0.1) is 0 Å². The summed E-state index contributed by atoms with van der Waals surface area (Å²) in [6.45, 7) is 4.28. The molecular weight excluding hydrogens is 370 g/mol. The number of nitrogens with zero attached hydrogens (tertiary/aromatic N) is 1. The van der Waals surface area contributed by atoms with Crippen LogP contribution in [-0.2, 0) is 0 Å². The van der Waals surface area contributed by atoms with Crippen molar-refractivity contribution in [2.45, 2.75) is 0 Å². The van der Waals surface area contributed by atoms with Gasteiger partial charge in [-0.15, -0.1) is 17.9 Å². The van der Waals surface area contributed by atoms with Crippen LogP contribution in [0.2, 0.25) is 5.02 Å². The number of anilines is 1. The number of rotatable bonds is 5. The first-order chi connectivity index (χ1) is 12.2. The minimum Gasteiger partial charge on any atom is -0.359 e. The van der Waals surface area contributed by atoms with Gasteiger partial charge in [-0.25, -0.2) is 4.98 Å². The highest BCUT2D eigenvalue weighted by Gasteiger charge is 2.10. The van der Waals surface area contributed by atoms with E-state index < -0.39 is 0 Å². The molecule has 126 valence electrons. The lowest BCUT2D eigenvalue weighted by Gasteiger charge is -2.09. The molecule has 1 aromatic heterocycles. The summed E-state index contributed by atoms with van der Waals surface area (Å²) in [5.41, 5.74) is 3.79. The minimum atomic E-state index is 0.562. The Morgan fingerprint density at radius 1 is 1.24 bits per heavy atom. The lowest BCUT2D eigenvalue weighted by molar-refractivity contribution is 1.06. The molecule has 6 heteroatoms. The zero-order valence-corrected chi connectivity index (χ0v) is 15.7. The van der Waals surface area contributed by atoms with Gasteiger partial charge in [0.2, 0.25) is 0 Å². The summed E-state index contributed by atoms with van der Waals surface area (Å²) >= 11 is 13.1. The number of nitrogens with one attached hydrogen (secondary N) is 2. The summed E-state index contributed by atoms with van der Waals surface area (Å²) in [5, 5.41) is 10.4. The number of halogens is 1. The Morgan fingerprint density at radius 3 is 2.88 bits per heavy atom. The second-order valence-corrected chi connectivity index (χ2v) is 6.90. The summed E-state index contributed by atoms with van der Waals surface area (Å²) in [4.78, 5) is 4.73. The average molecular weight is 386 g/mol. The van der Waals surface area contributed by atoms with E-state index >= 15 is 0 Å². The Kier molecular flexibility index (Phi) is 5.81. The van der Waals surface area contributed by atoms with Crippen molar-refractivity contribution in [2.75, 3.05) is 11.9 Å². The van der Waals surface area contributed by atoms with Crippen LogP contribution in [0.3, 0.4) is 0 Å². The standard InChI is InChI=1S/C19H16ClN3S2/c1-2-10-21-19(24)22-14-7-5-6-13(11-14)17-12-25-18(23-17)15-8-3-4-9-16(15)20/h2-9,11-12H,1,10H2,(H2,21,22,24). The van der Waals surface area contributed by atoms with Crippen molar-refractivity contribution < 1.29 is 0 Å². The van der Waals surface area contributed by atoms with Gasteiger partial charge in [-0.2, -0.15) is 0 Å². The highest BCUT2D eigenvalue weighted by atomic mass is 35.5. The number of thiocarbonyl (C=S) groups is 1. The molecule has 0 fully saturated rings. The summed E-state index contributed by atoms with van der Waals surface area (Å²) in [5.74, 6) is 0. The lowest BCUT2D eigenvalue weighted by Crippen LogP contribution is -2.28. The van der Waals surface area contributed by atoms with Crippen LogP contribution in [0.1, 0.15) is 0 Å². The van der Waals surface area contributed by atoms with E-state index in [2.05, 4.69) is 17.2 Å². The van der Waals surface area contributed by atoms with Crippen molar-refractivity contribution in [3.05, 3.63) is 71.6 Å². The van der Waals surface area contributed by atoms with Crippen molar-refractivity contribution >= 4 is 46.0 Å². The van der Waals surface area contributed by atoms with Crippen LogP contribution < -0.4 is 10.6 Å². The van der Waals surface area contributed by atoms with E-state index in [9.17, 15) is 0 Å². The second kappa shape index (κ2) is 8.25. The molecule has 25 heavy (non-hydrogen) atoms. The predicted molar refractivity (Wildman–Crippen MR) is 112 cm³/mol. The Balaban J connectivity index is 1.81. The van der Waals surface area contributed by atoms with Gasteiger partial charge in [0.15, 0.2) is 5.11 Å². The molecule has 2 N–H and O–H groups in total. The molecule has 0 saturated heterocycles. The molecule has 0 saturated carbocycles. The van der Waals surface area contributed by atoms with Gasteiger partial charge in [-0.1, -0.05) is 48.0 Å². The molecule has 0 spiro atoms. The maximum Gasteiger partial charge on any atom is 0.171 e. The summed E-state index contributed by atoms with van der Waals surface area (Å²) in [6, 6.07) is 15.7. The smallest absolute Gasteiger partial charge is 0.171 e. The minimum absolute atomic E-state index is 0.562. The van der Waals surface area contributed by atoms with E-state index in [-0.39, 0.29) is 0 Å². The van der Waals surface area contributed by atoms with E-state index in [1.165, 1.54) is 0 Å². The van der Waals surface area contributed by atoms with Gasteiger partial charge in [-0.3, -0.25) is 0 Å². The normalized spacial score (nSPS) is 10.3. The van der Waals surface area contributed by atoms with Gasteiger partial charge in [0.25, 0.3) is 0 Å². The quantitative estimate of drug-likeness (QED) is 0.442. The van der Waals surface area contributed by atoms with Crippen LogP contribution in [-0.4, -0.2) is 16.6 Å². The molecule has 0 aliphatic heterocycles. The molecule has 3 nitrogen and oxygen atoms in total. The zero-order chi connectivity index (χ0) is 17.6. The molecule has 0 aliphatic carbocycles. The van der Waals surface area contributed by atoms with Gasteiger partial charge in [0.05, 0.1) is 10.7 Å². The third-order valence-electron chi connectivity index (χ3n) is 3.43. The van der Waals surface area contributed by atoms with E-state index in [1.807, 2.05) is 53.9 Å². The Morgan fingerprint density at radius 2 is 2.08 bits per heavy atom. The maximum absolute atomic E-state index is 6.27. The van der Waals surface area contributed by atoms with Crippen LogP contribution >= 0.6 is 35.2 Å². The zero-order valence-electron chi connectivity index (χ0n) is 13.3. The van der Waals surface area contributed by atoms with Crippen LogP contribution in [0.25, 0.3) is 21.8 Å². The number of benzene rings is 2. The monoisotopic (exact) mass is 385 g/mol. The molecule has 0 amide bonds. The molecule has 1 heterocycles. The van der Waals surface area contributed by atoms with Gasteiger partial charge in [-0.05, 0) is 30.4 Å². The molecule has 0 bridgehead atoms. The molecule has 2 aromatic carbocycles. The number of hydrogen-bond acceptors (Lipinski definition) is 3. The Hall–Kier alpha value is -2.21. The van der Waals surface area contributed by atoms with Gasteiger partial charge >= 0.3 is 0 Å². The number of thiazole rings is 1. The van der Waals surface area contributed by atoms with E-state index in [4.69, 9.17) is 28.8 Å². The average Bonchev–Trinajstić information content (AvgIpc) is 3.10. The van der Waals surface area contributed by atoms with Gasteiger partial charge in [0, 0.05) is 28.7 Å². The fourth-order valence-electron chi connectivity index (χ4n) is 2.26. The second-order valence-electron chi connectivity index (χ2n) is 5.22. The van der Waals surface area contributed by atoms with E-state index in [1.54, 1.807) is 17.4 Å². The third-order valence-corrected chi connectivity index (χ3v) is 4.88. The van der Waals surface area contributed by atoms with Crippen LogP contribution in [0.4, 0.5) is 5.69 Å². The first-order valence-electron chi connectivity index (χ1n) is 7.64. The van der Waals surface area contributed by atoms with Crippen molar-refractivity contribution in [1.82, 2.24) is 10.3 Å². The number of aromatic nitrogens is 1. The molecule has 0 unspecified atom stereocenters. The van der Waals surface area contributed by atoms with E-state index in [0.717, 1.165) is 27.5 Å². The summed E-state index contributed by atoms with van der Waals surface area (Å²) < 4.78 is 0. The molecule has 3 aromatic rings. The molecule has 0 atom stereocenters. The predicted octanol–water partition coefficient (Wildman–Crippen LogP) is 5.60. The summed E-state index contributed by atoms with van der Waals surface area (Å²) in [6.07, 6.45) is 1.76. The Bertz CT molecular complexity index is 905. The molecular formula is C19H16ClN3S2. The van der Waals surface area contributed by atoms with Crippen molar-refractivity contribution in [3.63, 3.8) is 0 Å². The van der Waals surface area contributed by atoms with Crippen LogP contribution in [0.5, 0.6) is 0 Å². The highest BCUT2D eigenvalue weighted by molar-refractivity contribution is 7.80. The first-order valence-corrected chi connectivity index (χ1v) is 9.30. The van der Waals surface area contributed by atoms with Crippen molar-refractivity contribution in [2.24, 2.45) is 0 Å². The Labute approximate surface area is 161 Å². The SMILES string of the molecule is C=CCNC(=S)Nc1cccc(-c2csc(-c3ccccc3Cl)n2)c1. The lowest BCUT2D eigenvalue weighted by atomic mass is 10.1. The maximum atomic E-state index is 6.27. The largest absolute Gasteiger partial charge is 0.359 e. The molecule has 3 rings (SSSR count). The number of hydrogen-bond donors (Lipinski definition) is 2. The van der Waals surface area contributed by atoms with Crippen molar-refractivity contribution in [3.8, 4) is 21.8 Å². The van der Waals surface area contributed by atoms with Gasteiger partial charge < -0.3 is 10.6 Å².